The Labute approximate surface area is 120 Å². The van der Waals surface area contributed by atoms with E-state index in [1.165, 1.54) is 0 Å². The average Bonchev–Trinajstić information content (AvgIpc) is 2.54. The van der Waals surface area contributed by atoms with Crippen molar-refractivity contribution in [1.29, 1.82) is 0 Å². The molecule has 5 heteroatoms. The summed E-state index contributed by atoms with van der Waals surface area (Å²) < 4.78 is 12.6. The molecule has 102 valence electrons. The van der Waals surface area contributed by atoms with E-state index >= 15 is 0 Å². The van der Waals surface area contributed by atoms with Crippen LogP contribution in [-0.4, -0.2) is 43.3 Å². The van der Waals surface area contributed by atoms with Crippen LogP contribution in [0.5, 0.6) is 0 Å². The Hall–Kier alpha value is 0.827. The molecule has 0 radical (unpaired) electrons. The van der Waals surface area contributed by atoms with E-state index in [4.69, 9.17) is 9.16 Å². The van der Waals surface area contributed by atoms with Crippen molar-refractivity contribution in [3.8, 4) is 0 Å². The number of hydrogen-bond acceptors (Lipinski definition) is 3. The van der Waals surface area contributed by atoms with Crippen molar-refractivity contribution in [3.63, 3.8) is 0 Å². The van der Waals surface area contributed by atoms with Gasteiger partial charge in [-0.3, -0.25) is 0 Å². The molecule has 0 spiro atoms. The van der Waals surface area contributed by atoms with Crippen LogP contribution < -0.4 is 0 Å². The van der Waals surface area contributed by atoms with Crippen LogP contribution >= 0.6 is 22.6 Å². The van der Waals surface area contributed by atoms with Crippen molar-refractivity contribution in [2.75, 3.05) is 17.6 Å². The van der Waals surface area contributed by atoms with Crippen molar-refractivity contribution in [2.24, 2.45) is 5.92 Å². The Morgan fingerprint density at radius 2 is 2.00 bits per heavy atom. The SMILES string of the molecule is CC(C)(C)[Si](C)(C)OC[C@@H]1[C@H](O)CO[C@H]1CI. The van der Waals surface area contributed by atoms with Crippen LogP contribution in [0, 0.1) is 5.92 Å². The maximum atomic E-state index is 9.90. The lowest BCUT2D eigenvalue weighted by Gasteiger charge is -2.37. The Kier molecular flexibility index (Phi) is 5.47. The van der Waals surface area contributed by atoms with Gasteiger partial charge in [0, 0.05) is 17.0 Å². The summed E-state index contributed by atoms with van der Waals surface area (Å²) in [5.74, 6) is 0.140. The minimum atomic E-state index is -1.71. The summed E-state index contributed by atoms with van der Waals surface area (Å²) in [4.78, 5) is 0. The van der Waals surface area contributed by atoms with Gasteiger partial charge in [0.25, 0.3) is 0 Å². The minimum Gasteiger partial charge on any atom is -0.416 e. The van der Waals surface area contributed by atoms with Crippen LogP contribution in [0.4, 0.5) is 0 Å². The summed E-state index contributed by atoms with van der Waals surface area (Å²) in [5, 5.41) is 10.1. The average molecular weight is 372 g/mol. The highest BCUT2D eigenvalue weighted by atomic mass is 127. The highest BCUT2D eigenvalue weighted by Gasteiger charge is 2.41. The van der Waals surface area contributed by atoms with Crippen molar-refractivity contribution in [3.05, 3.63) is 0 Å². The predicted molar refractivity (Wildman–Crippen MR) is 81.3 cm³/mol. The van der Waals surface area contributed by atoms with Gasteiger partial charge >= 0.3 is 0 Å². The second-order valence-corrected chi connectivity index (χ2v) is 12.0. The molecule has 3 atom stereocenters. The molecular formula is C12H25IO3Si. The Morgan fingerprint density at radius 3 is 2.47 bits per heavy atom. The maximum Gasteiger partial charge on any atom is 0.191 e. The topological polar surface area (TPSA) is 38.7 Å². The molecule has 1 aliphatic rings. The molecule has 0 aromatic carbocycles. The number of halogens is 1. The summed E-state index contributed by atoms with van der Waals surface area (Å²) in [7, 11) is -1.71. The predicted octanol–water partition coefficient (Wildman–Crippen LogP) is 2.82. The lowest BCUT2D eigenvalue weighted by atomic mass is 10.0. The van der Waals surface area contributed by atoms with Crippen molar-refractivity contribution in [1.82, 2.24) is 0 Å². The molecule has 17 heavy (non-hydrogen) atoms. The molecule has 0 aromatic heterocycles. The van der Waals surface area contributed by atoms with Crippen LogP contribution in [0.15, 0.2) is 0 Å². The molecule has 0 unspecified atom stereocenters. The van der Waals surface area contributed by atoms with E-state index in [0.717, 1.165) is 4.43 Å². The van der Waals surface area contributed by atoms with Crippen molar-refractivity contribution < 1.29 is 14.3 Å². The molecule has 0 saturated carbocycles. The third-order valence-corrected chi connectivity index (χ3v) is 9.42. The second-order valence-electron chi connectivity index (χ2n) is 6.33. The van der Waals surface area contributed by atoms with Crippen LogP contribution in [-0.2, 0) is 9.16 Å². The summed E-state index contributed by atoms with van der Waals surface area (Å²) in [5.41, 5.74) is 0. The van der Waals surface area contributed by atoms with Crippen LogP contribution in [0.25, 0.3) is 0 Å². The van der Waals surface area contributed by atoms with Crippen LogP contribution in [0.3, 0.4) is 0 Å². The highest BCUT2D eigenvalue weighted by molar-refractivity contribution is 14.1. The van der Waals surface area contributed by atoms with Gasteiger partial charge in [0.2, 0.25) is 0 Å². The third kappa shape index (κ3) is 3.89. The quantitative estimate of drug-likeness (QED) is 0.469. The molecule has 3 nitrogen and oxygen atoms in total. The lowest BCUT2D eigenvalue weighted by molar-refractivity contribution is 0.0921. The first-order chi connectivity index (χ1) is 7.69. The largest absolute Gasteiger partial charge is 0.416 e. The molecule has 1 saturated heterocycles. The molecule has 0 aliphatic carbocycles. The number of aliphatic hydroxyl groups is 1. The molecule has 1 heterocycles. The van der Waals surface area contributed by atoms with Gasteiger partial charge in [0.1, 0.15) is 0 Å². The van der Waals surface area contributed by atoms with Crippen LogP contribution in [0.2, 0.25) is 18.1 Å². The zero-order valence-corrected chi connectivity index (χ0v) is 14.7. The van der Waals surface area contributed by atoms with E-state index in [9.17, 15) is 5.11 Å². The smallest absolute Gasteiger partial charge is 0.191 e. The standard InChI is InChI=1S/C12H25IO3Si/c1-12(2,3)17(4,5)16-7-9-10(14)8-15-11(9)6-13/h9-11,14H,6-8H2,1-5H3/t9-,10-,11+/m1/s1. The van der Waals surface area contributed by atoms with Gasteiger partial charge < -0.3 is 14.3 Å². The lowest BCUT2D eigenvalue weighted by Crippen LogP contribution is -2.44. The zero-order valence-electron chi connectivity index (χ0n) is 11.5. The molecule has 0 bridgehead atoms. The van der Waals surface area contributed by atoms with E-state index < -0.39 is 8.32 Å². The summed E-state index contributed by atoms with van der Waals surface area (Å²) in [6.07, 6.45) is -0.213. The Balaban J connectivity index is 2.55. The highest BCUT2D eigenvalue weighted by Crippen LogP contribution is 2.37. The van der Waals surface area contributed by atoms with Crippen molar-refractivity contribution in [2.45, 2.75) is 51.1 Å². The summed E-state index contributed by atoms with van der Waals surface area (Å²) in [6.45, 7) is 12.3. The number of alkyl halides is 1. The van der Waals surface area contributed by atoms with Gasteiger partial charge in [-0.05, 0) is 18.1 Å². The Morgan fingerprint density at radius 1 is 1.41 bits per heavy atom. The summed E-state index contributed by atoms with van der Waals surface area (Å²) in [6, 6.07) is 0. The molecular weight excluding hydrogens is 347 g/mol. The first-order valence-corrected chi connectivity index (χ1v) is 10.6. The van der Waals surface area contributed by atoms with E-state index in [1.54, 1.807) is 0 Å². The molecule has 0 amide bonds. The van der Waals surface area contributed by atoms with Gasteiger partial charge in [-0.2, -0.15) is 0 Å². The molecule has 1 N–H and O–H groups in total. The maximum absolute atomic E-state index is 9.90. The van der Waals surface area contributed by atoms with Gasteiger partial charge in [-0.15, -0.1) is 0 Å². The van der Waals surface area contributed by atoms with Gasteiger partial charge in [0.15, 0.2) is 8.32 Å². The van der Waals surface area contributed by atoms with Gasteiger partial charge in [-0.1, -0.05) is 43.4 Å². The van der Waals surface area contributed by atoms with E-state index in [-0.39, 0.29) is 23.2 Å². The van der Waals surface area contributed by atoms with E-state index in [0.29, 0.717) is 13.2 Å². The van der Waals surface area contributed by atoms with Crippen LogP contribution in [0.1, 0.15) is 20.8 Å². The fourth-order valence-corrected chi connectivity index (χ4v) is 3.57. The van der Waals surface area contributed by atoms with Gasteiger partial charge in [0.05, 0.1) is 18.8 Å². The number of hydrogen-bond donors (Lipinski definition) is 1. The first kappa shape index (κ1) is 15.9. The third-order valence-electron chi connectivity index (χ3n) is 4.05. The molecule has 1 aliphatic heterocycles. The minimum absolute atomic E-state index is 0.140. The summed E-state index contributed by atoms with van der Waals surface area (Å²) >= 11 is 2.31. The number of rotatable bonds is 4. The molecule has 1 rings (SSSR count). The molecule has 0 aromatic rings. The first-order valence-electron chi connectivity index (χ1n) is 6.18. The monoisotopic (exact) mass is 372 g/mol. The van der Waals surface area contributed by atoms with Crippen molar-refractivity contribution >= 4 is 30.9 Å². The fraction of sp³-hybridized carbons (Fsp3) is 1.00. The fourth-order valence-electron chi connectivity index (χ4n) is 1.62. The second kappa shape index (κ2) is 5.86. The van der Waals surface area contributed by atoms with E-state index in [1.807, 2.05) is 0 Å². The van der Waals surface area contributed by atoms with Gasteiger partial charge in [-0.25, -0.2) is 0 Å². The zero-order chi connectivity index (χ0) is 13.3. The number of ether oxygens (including phenoxy) is 1. The van der Waals surface area contributed by atoms with E-state index in [2.05, 4.69) is 56.5 Å². The molecule has 1 fully saturated rings. The Bertz CT molecular complexity index is 253. The number of aliphatic hydroxyl groups excluding tert-OH is 1. The normalized spacial score (nSPS) is 30.9.